The first kappa shape index (κ1) is 26.9. The second-order valence-electron chi connectivity index (χ2n) is 11.2. The van der Waals surface area contributed by atoms with Crippen molar-refractivity contribution in [2.45, 2.75) is 50.0 Å². The van der Waals surface area contributed by atoms with E-state index in [0.717, 1.165) is 64.5 Å². The summed E-state index contributed by atoms with van der Waals surface area (Å²) in [7, 11) is 1.71. The number of fused-ring (bicyclic) bond motifs is 4. The lowest BCUT2D eigenvalue weighted by molar-refractivity contribution is 0.177. The lowest BCUT2D eigenvalue weighted by atomic mass is 9.81. The molecule has 3 aromatic carbocycles. The predicted octanol–water partition coefficient (Wildman–Crippen LogP) is 6.10. The molecule has 3 heterocycles. The zero-order valence-corrected chi connectivity index (χ0v) is 23.2. The third-order valence-corrected chi connectivity index (χ3v) is 8.83. The number of phenolic OH excluding ortho intramolecular Hbond substituents is 1. The first-order valence-corrected chi connectivity index (χ1v) is 13.5. The van der Waals surface area contributed by atoms with Crippen molar-refractivity contribution in [2.75, 3.05) is 45.0 Å². The SMILES string of the molecule is COc1ccc(CN2CC3(CCOC3)c3ccc(C)cc32)cc1.Cl.Oc1ccc2c(c1)CCC21CCOC1. The summed E-state index contributed by atoms with van der Waals surface area (Å²) in [6, 6.07) is 21.0. The quantitative estimate of drug-likeness (QED) is 0.439. The van der Waals surface area contributed by atoms with Crippen LogP contribution in [0.15, 0.2) is 60.7 Å². The fourth-order valence-electron chi connectivity index (χ4n) is 6.75. The van der Waals surface area contributed by atoms with Gasteiger partial charge in [0, 0.05) is 42.8 Å². The number of anilines is 1. The van der Waals surface area contributed by atoms with Crippen LogP contribution in [0.3, 0.4) is 0 Å². The number of methoxy groups -OCH3 is 1. The molecule has 0 saturated carbocycles. The summed E-state index contributed by atoms with van der Waals surface area (Å²) in [5.41, 5.74) is 8.68. The molecule has 4 aliphatic rings. The number of hydrogen-bond donors (Lipinski definition) is 1. The molecule has 202 valence electrons. The molecule has 2 atom stereocenters. The number of aromatic hydroxyl groups is 1. The molecule has 1 N–H and O–H groups in total. The van der Waals surface area contributed by atoms with Crippen molar-refractivity contribution in [3.63, 3.8) is 0 Å². The number of aryl methyl sites for hydroxylation is 2. The van der Waals surface area contributed by atoms with E-state index < -0.39 is 0 Å². The summed E-state index contributed by atoms with van der Waals surface area (Å²) >= 11 is 0. The van der Waals surface area contributed by atoms with E-state index in [-0.39, 0.29) is 23.2 Å². The number of rotatable bonds is 3. The number of halogens is 1. The van der Waals surface area contributed by atoms with E-state index in [1.165, 1.54) is 39.9 Å². The number of benzene rings is 3. The Morgan fingerprint density at radius 2 is 1.58 bits per heavy atom. The van der Waals surface area contributed by atoms with Crippen LogP contribution in [0.4, 0.5) is 5.69 Å². The molecule has 2 fully saturated rings. The maximum Gasteiger partial charge on any atom is 0.118 e. The van der Waals surface area contributed by atoms with Gasteiger partial charge < -0.3 is 24.2 Å². The number of phenols is 1. The Kier molecular flexibility index (Phi) is 7.63. The Labute approximate surface area is 232 Å². The van der Waals surface area contributed by atoms with E-state index in [1.54, 1.807) is 13.2 Å². The predicted molar refractivity (Wildman–Crippen MR) is 153 cm³/mol. The first-order valence-electron chi connectivity index (χ1n) is 13.5. The molecule has 7 rings (SSSR count). The van der Waals surface area contributed by atoms with E-state index in [1.807, 2.05) is 18.2 Å². The van der Waals surface area contributed by atoms with Crippen molar-refractivity contribution >= 4 is 18.1 Å². The summed E-state index contributed by atoms with van der Waals surface area (Å²) in [4.78, 5) is 2.51. The lowest BCUT2D eigenvalue weighted by Gasteiger charge is -2.24. The Morgan fingerprint density at radius 1 is 0.868 bits per heavy atom. The highest BCUT2D eigenvalue weighted by Gasteiger charge is 2.45. The molecule has 0 amide bonds. The summed E-state index contributed by atoms with van der Waals surface area (Å²) in [6.07, 6.45) is 4.55. The van der Waals surface area contributed by atoms with Crippen molar-refractivity contribution in [3.8, 4) is 11.5 Å². The van der Waals surface area contributed by atoms with Gasteiger partial charge in [-0.05, 0) is 90.8 Å². The minimum absolute atomic E-state index is 0. The van der Waals surface area contributed by atoms with Crippen LogP contribution in [-0.4, -0.2) is 45.2 Å². The molecule has 2 unspecified atom stereocenters. The molecule has 3 aromatic rings. The largest absolute Gasteiger partial charge is 0.508 e. The van der Waals surface area contributed by atoms with Gasteiger partial charge in [0.2, 0.25) is 0 Å². The highest BCUT2D eigenvalue weighted by Crippen LogP contribution is 2.47. The molecule has 2 saturated heterocycles. The van der Waals surface area contributed by atoms with Gasteiger partial charge in [-0.1, -0.05) is 30.3 Å². The molecule has 1 aliphatic carbocycles. The van der Waals surface area contributed by atoms with Gasteiger partial charge in [0.15, 0.2) is 0 Å². The van der Waals surface area contributed by atoms with Crippen molar-refractivity contribution < 1.29 is 19.3 Å². The molecule has 6 heteroatoms. The maximum atomic E-state index is 9.40. The van der Waals surface area contributed by atoms with Gasteiger partial charge >= 0.3 is 0 Å². The van der Waals surface area contributed by atoms with Crippen LogP contribution in [-0.2, 0) is 33.3 Å². The molecule has 38 heavy (non-hydrogen) atoms. The zero-order valence-electron chi connectivity index (χ0n) is 22.4. The monoisotopic (exact) mass is 535 g/mol. The van der Waals surface area contributed by atoms with E-state index in [4.69, 9.17) is 14.2 Å². The average molecular weight is 536 g/mol. The summed E-state index contributed by atoms with van der Waals surface area (Å²) in [6.45, 7) is 7.64. The van der Waals surface area contributed by atoms with Gasteiger partial charge in [-0.3, -0.25) is 0 Å². The number of ether oxygens (including phenoxy) is 3. The van der Waals surface area contributed by atoms with Crippen LogP contribution in [0.5, 0.6) is 11.5 Å². The average Bonchev–Trinajstić information content (AvgIpc) is 3.70. The van der Waals surface area contributed by atoms with E-state index >= 15 is 0 Å². The molecular weight excluding hydrogens is 498 g/mol. The summed E-state index contributed by atoms with van der Waals surface area (Å²) in [5, 5.41) is 9.40. The molecule has 0 aromatic heterocycles. The Morgan fingerprint density at radius 3 is 2.26 bits per heavy atom. The van der Waals surface area contributed by atoms with Gasteiger partial charge in [-0.25, -0.2) is 0 Å². The third-order valence-electron chi connectivity index (χ3n) is 8.83. The van der Waals surface area contributed by atoms with Crippen molar-refractivity contribution in [3.05, 3.63) is 88.5 Å². The van der Waals surface area contributed by atoms with Crippen LogP contribution >= 0.6 is 12.4 Å². The minimum Gasteiger partial charge on any atom is -0.508 e. The summed E-state index contributed by atoms with van der Waals surface area (Å²) < 4.78 is 16.5. The van der Waals surface area contributed by atoms with Crippen LogP contribution < -0.4 is 9.64 Å². The normalized spacial score (nSPS) is 24.6. The molecule has 2 spiro atoms. The number of nitrogens with zero attached hydrogens (tertiary/aromatic N) is 1. The van der Waals surface area contributed by atoms with Gasteiger partial charge in [0.25, 0.3) is 0 Å². The second kappa shape index (κ2) is 10.8. The smallest absolute Gasteiger partial charge is 0.118 e. The van der Waals surface area contributed by atoms with E-state index in [2.05, 4.69) is 48.2 Å². The van der Waals surface area contributed by atoms with Gasteiger partial charge in [0.05, 0.1) is 20.3 Å². The third kappa shape index (κ3) is 4.88. The van der Waals surface area contributed by atoms with Crippen LogP contribution in [0.25, 0.3) is 0 Å². The van der Waals surface area contributed by atoms with E-state index in [9.17, 15) is 5.11 Å². The topological polar surface area (TPSA) is 51.2 Å². The maximum absolute atomic E-state index is 9.40. The van der Waals surface area contributed by atoms with Crippen molar-refractivity contribution in [1.82, 2.24) is 0 Å². The highest BCUT2D eigenvalue weighted by molar-refractivity contribution is 5.85. The first-order chi connectivity index (χ1) is 18.0. The summed E-state index contributed by atoms with van der Waals surface area (Å²) in [5.74, 6) is 1.30. The van der Waals surface area contributed by atoms with Gasteiger partial charge in [-0.15, -0.1) is 12.4 Å². The zero-order chi connectivity index (χ0) is 25.5. The van der Waals surface area contributed by atoms with E-state index in [0.29, 0.717) is 5.75 Å². The lowest BCUT2D eigenvalue weighted by Crippen LogP contribution is -2.33. The Bertz CT molecular complexity index is 1260. The van der Waals surface area contributed by atoms with Gasteiger partial charge in [-0.2, -0.15) is 0 Å². The Balaban J connectivity index is 0.000000168. The second-order valence-corrected chi connectivity index (χ2v) is 11.2. The highest BCUT2D eigenvalue weighted by atomic mass is 35.5. The molecular formula is C32H38ClNO4. The molecule has 3 aliphatic heterocycles. The van der Waals surface area contributed by atoms with Crippen molar-refractivity contribution in [2.24, 2.45) is 0 Å². The molecule has 0 bridgehead atoms. The molecule has 0 radical (unpaired) electrons. The van der Waals surface area contributed by atoms with Gasteiger partial charge in [0.1, 0.15) is 11.5 Å². The number of hydrogen-bond acceptors (Lipinski definition) is 5. The van der Waals surface area contributed by atoms with Crippen LogP contribution in [0, 0.1) is 6.92 Å². The standard InChI is InChI=1S/C20H23NO2.C12H14O2.ClH/c1-15-3-8-18-19(11-15)21(13-20(18)9-10-23-14-20)12-16-4-6-17(22-2)7-5-16;13-10-1-2-11-9(7-10)3-4-12(11)5-6-14-8-12;/h3-8,11H,9-10,12-14H2,1-2H3;1-2,7,13H,3-6,8H2;1H. The fourth-order valence-corrected chi connectivity index (χ4v) is 6.75. The van der Waals surface area contributed by atoms with Crippen molar-refractivity contribution in [1.29, 1.82) is 0 Å². The molecule has 5 nitrogen and oxygen atoms in total. The Hall–Kier alpha value is -2.73. The minimum atomic E-state index is 0. The van der Waals surface area contributed by atoms with Crippen LogP contribution in [0.2, 0.25) is 0 Å². The fraction of sp³-hybridized carbons (Fsp3) is 0.438. The van der Waals surface area contributed by atoms with Crippen LogP contribution in [0.1, 0.15) is 47.1 Å².